The van der Waals surface area contributed by atoms with Crippen molar-refractivity contribution in [3.05, 3.63) is 0 Å². The molecule has 4 atom stereocenters. The molecule has 0 spiro atoms. The lowest BCUT2D eigenvalue weighted by Crippen LogP contribution is -2.34. The van der Waals surface area contributed by atoms with Crippen LogP contribution in [0.2, 0.25) is 0 Å². The fraction of sp³-hybridized carbons (Fsp3) is 0.929. The summed E-state index contributed by atoms with van der Waals surface area (Å²) in [6, 6.07) is 0. The summed E-state index contributed by atoms with van der Waals surface area (Å²) in [4.78, 5) is 10.9. The lowest BCUT2D eigenvalue weighted by molar-refractivity contribution is -0.149. The molecule has 0 N–H and O–H groups in total. The minimum Gasteiger partial charge on any atom is -0.463 e. The summed E-state index contributed by atoms with van der Waals surface area (Å²) in [5.74, 6) is 1.34. The lowest BCUT2D eigenvalue weighted by Gasteiger charge is -2.37. The van der Waals surface area contributed by atoms with Crippen LogP contribution in [0.5, 0.6) is 0 Å². The average molecular weight is 228 g/mol. The minimum atomic E-state index is -0.185. The summed E-state index contributed by atoms with van der Waals surface area (Å²) in [6.45, 7) is 16.9. The highest BCUT2D eigenvalue weighted by atomic mass is 16.5. The van der Waals surface area contributed by atoms with Gasteiger partial charge in [0, 0.05) is 6.92 Å². The molecule has 0 bridgehead atoms. The summed E-state index contributed by atoms with van der Waals surface area (Å²) < 4.78 is 5.26. The van der Waals surface area contributed by atoms with Crippen molar-refractivity contribution in [1.82, 2.24) is 0 Å². The van der Waals surface area contributed by atoms with Crippen LogP contribution in [0.4, 0.5) is 0 Å². The van der Waals surface area contributed by atoms with E-state index in [1.54, 1.807) is 0 Å². The maximum absolute atomic E-state index is 10.9. The molecule has 0 saturated carbocycles. The van der Waals surface area contributed by atoms with Gasteiger partial charge in [-0.3, -0.25) is 4.79 Å². The third-order valence-electron chi connectivity index (χ3n) is 4.08. The molecule has 0 rings (SSSR count). The molecular weight excluding hydrogens is 200 g/mol. The van der Waals surface area contributed by atoms with Gasteiger partial charge in [-0.25, -0.2) is 0 Å². The molecule has 96 valence electrons. The van der Waals surface area contributed by atoms with E-state index in [-0.39, 0.29) is 12.1 Å². The fourth-order valence-corrected chi connectivity index (χ4v) is 2.04. The second kappa shape index (κ2) is 5.70. The van der Waals surface area contributed by atoms with Gasteiger partial charge in [0.2, 0.25) is 0 Å². The Hall–Kier alpha value is -0.530. The topological polar surface area (TPSA) is 26.3 Å². The molecule has 0 aliphatic rings. The molecule has 0 aromatic rings. The van der Waals surface area contributed by atoms with Gasteiger partial charge in [-0.1, -0.05) is 41.5 Å². The van der Waals surface area contributed by atoms with Crippen LogP contribution in [0, 0.1) is 23.2 Å². The highest BCUT2D eigenvalue weighted by Gasteiger charge is 2.31. The van der Waals surface area contributed by atoms with Gasteiger partial charge in [0.1, 0.15) is 6.10 Å². The summed E-state index contributed by atoms with van der Waals surface area (Å²) in [7, 11) is 0. The molecule has 4 unspecified atom stereocenters. The van der Waals surface area contributed by atoms with Crippen LogP contribution < -0.4 is 0 Å². The van der Waals surface area contributed by atoms with Crippen LogP contribution in [0.1, 0.15) is 55.4 Å². The van der Waals surface area contributed by atoms with E-state index in [2.05, 4.69) is 41.5 Å². The Balaban J connectivity index is 4.48. The molecule has 0 aromatic heterocycles. The van der Waals surface area contributed by atoms with E-state index in [1.165, 1.54) is 6.92 Å². The van der Waals surface area contributed by atoms with E-state index >= 15 is 0 Å². The van der Waals surface area contributed by atoms with Crippen molar-refractivity contribution >= 4 is 5.97 Å². The molecule has 0 amide bonds. The number of carbonyl (C=O) groups is 1. The second-order valence-corrected chi connectivity index (χ2v) is 6.19. The fourth-order valence-electron chi connectivity index (χ4n) is 2.04. The Morgan fingerprint density at radius 1 is 1.00 bits per heavy atom. The van der Waals surface area contributed by atoms with E-state index in [0.717, 1.165) is 0 Å². The van der Waals surface area contributed by atoms with E-state index in [0.29, 0.717) is 23.2 Å². The zero-order valence-corrected chi connectivity index (χ0v) is 12.1. The average Bonchev–Trinajstić information content (AvgIpc) is 2.11. The summed E-state index contributed by atoms with van der Waals surface area (Å²) in [5.41, 5.74) is 0.295. The number of ether oxygens (including phenoxy) is 1. The Morgan fingerprint density at radius 3 is 1.75 bits per heavy atom. The van der Waals surface area contributed by atoms with Gasteiger partial charge in [-0.15, -0.1) is 0 Å². The standard InChI is InChI=1S/C14H28O2/c1-9(11(3)14(6,7)8)10(2)12(4)16-13(5)15/h9-12H,1-8H3. The highest BCUT2D eigenvalue weighted by Crippen LogP contribution is 2.36. The van der Waals surface area contributed by atoms with Gasteiger partial charge in [0.25, 0.3) is 0 Å². The van der Waals surface area contributed by atoms with Crippen LogP contribution in [0.3, 0.4) is 0 Å². The molecule has 0 saturated heterocycles. The van der Waals surface area contributed by atoms with E-state index < -0.39 is 0 Å². The molecule has 0 aliphatic heterocycles. The summed E-state index contributed by atoms with van der Waals surface area (Å²) >= 11 is 0. The maximum atomic E-state index is 10.9. The first-order valence-corrected chi connectivity index (χ1v) is 6.24. The number of carbonyl (C=O) groups excluding carboxylic acids is 1. The maximum Gasteiger partial charge on any atom is 0.302 e. The number of hydrogen-bond donors (Lipinski definition) is 0. The first kappa shape index (κ1) is 15.5. The van der Waals surface area contributed by atoms with Crippen molar-refractivity contribution in [3.8, 4) is 0 Å². The Labute approximate surface area is 101 Å². The van der Waals surface area contributed by atoms with Crippen molar-refractivity contribution in [3.63, 3.8) is 0 Å². The Morgan fingerprint density at radius 2 is 1.44 bits per heavy atom. The third kappa shape index (κ3) is 4.54. The summed E-state index contributed by atoms with van der Waals surface area (Å²) in [6.07, 6.45) is -0.00250. The van der Waals surface area contributed by atoms with Crippen molar-refractivity contribution in [1.29, 1.82) is 0 Å². The molecule has 0 heterocycles. The first-order valence-electron chi connectivity index (χ1n) is 6.24. The van der Waals surface area contributed by atoms with Gasteiger partial charge in [0.15, 0.2) is 0 Å². The zero-order chi connectivity index (χ0) is 13.1. The largest absolute Gasteiger partial charge is 0.463 e. The minimum absolute atomic E-state index is 0.00250. The normalized spacial score (nSPS) is 19.8. The third-order valence-corrected chi connectivity index (χ3v) is 4.08. The molecule has 16 heavy (non-hydrogen) atoms. The van der Waals surface area contributed by atoms with Crippen LogP contribution in [-0.4, -0.2) is 12.1 Å². The molecule has 0 aromatic carbocycles. The van der Waals surface area contributed by atoms with E-state index in [9.17, 15) is 4.79 Å². The van der Waals surface area contributed by atoms with Crippen LogP contribution in [-0.2, 0) is 9.53 Å². The quantitative estimate of drug-likeness (QED) is 0.682. The first-order chi connectivity index (χ1) is 7.07. The summed E-state index contributed by atoms with van der Waals surface area (Å²) in [5, 5.41) is 0. The van der Waals surface area contributed by atoms with E-state index in [4.69, 9.17) is 4.74 Å². The van der Waals surface area contributed by atoms with Gasteiger partial charge < -0.3 is 4.74 Å². The van der Waals surface area contributed by atoms with Crippen molar-refractivity contribution < 1.29 is 9.53 Å². The van der Waals surface area contributed by atoms with Crippen molar-refractivity contribution in [2.24, 2.45) is 23.2 Å². The molecule has 2 heteroatoms. The number of rotatable bonds is 4. The predicted octanol–water partition coefficient (Wildman–Crippen LogP) is 3.89. The zero-order valence-electron chi connectivity index (χ0n) is 12.1. The molecule has 0 radical (unpaired) electrons. The van der Waals surface area contributed by atoms with Gasteiger partial charge in [-0.05, 0) is 30.1 Å². The van der Waals surface area contributed by atoms with E-state index in [1.807, 2.05) is 6.92 Å². The predicted molar refractivity (Wildman–Crippen MR) is 68.2 cm³/mol. The lowest BCUT2D eigenvalue weighted by atomic mass is 9.70. The SMILES string of the molecule is CC(=O)OC(C)C(C)C(C)C(C)C(C)(C)C. The Bertz CT molecular complexity index is 227. The van der Waals surface area contributed by atoms with Crippen LogP contribution >= 0.6 is 0 Å². The molecule has 0 fully saturated rings. The number of hydrogen-bond acceptors (Lipinski definition) is 2. The smallest absolute Gasteiger partial charge is 0.302 e. The van der Waals surface area contributed by atoms with Gasteiger partial charge in [0.05, 0.1) is 0 Å². The van der Waals surface area contributed by atoms with Gasteiger partial charge >= 0.3 is 5.97 Å². The molecule has 2 nitrogen and oxygen atoms in total. The number of esters is 1. The monoisotopic (exact) mass is 228 g/mol. The highest BCUT2D eigenvalue weighted by molar-refractivity contribution is 5.66. The van der Waals surface area contributed by atoms with Crippen LogP contribution in [0.25, 0.3) is 0 Å². The molecule has 0 aliphatic carbocycles. The van der Waals surface area contributed by atoms with Crippen molar-refractivity contribution in [2.75, 3.05) is 0 Å². The van der Waals surface area contributed by atoms with Crippen molar-refractivity contribution in [2.45, 2.75) is 61.5 Å². The van der Waals surface area contributed by atoms with Gasteiger partial charge in [-0.2, -0.15) is 0 Å². The van der Waals surface area contributed by atoms with Crippen LogP contribution in [0.15, 0.2) is 0 Å². The molecular formula is C14H28O2. The second-order valence-electron chi connectivity index (χ2n) is 6.19. The Kier molecular flexibility index (Phi) is 5.51.